The molecule has 0 radical (unpaired) electrons. The highest BCUT2D eigenvalue weighted by Crippen LogP contribution is 2.33. The summed E-state index contributed by atoms with van der Waals surface area (Å²) in [6, 6.07) is 14.2. The molecule has 1 atom stereocenters. The summed E-state index contributed by atoms with van der Waals surface area (Å²) in [6.07, 6.45) is 5.12. The number of anilines is 1. The largest absolute Gasteiger partial charge is 0.311 e. The number of thioether (sulfide) groups is 1. The Morgan fingerprint density at radius 1 is 1.13 bits per heavy atom. The second kappa shape index (κ2) is 8.11. The van der Waals surface area contributed by atoms with Crippen LogP contribution in [0.5, 0.6) is 0 Å². The predicted octanol–water partition coefficient (Wildman–Crippen LogP) is 4.41. The fourth-order valence-corrected chi connectivity index (χ4v) is 4.83. The molecule has 0 bridgehead atoms. The van der Waals surface area contributed by atoms with Gasteiger partial charge in [-0.05, 0) is 55.7 Å². The molecule has 2 aromatic carbocycles. The molecule has 3 heterocycles. The monoisotopic (exact) mass is 433 g/mol. The van der Waals surface area contributed by atoms with Crippen LogP contribution in [0, 0.1) is 5.82 Å². The lowest BCUT2D eigenvalue weighted by Crippen LogP contribution is -2.40. The molecule has 1 amide bonds. The summed E-state index contributed by atoms with van der Waals surface area (Å²) in [5, 5.41) is 5.55. The number of carbonyl (C=O) groups is 1. The van der Waals surface area contributed by atoms with E-state index in [1.807, 2.05) is 30.0 Å². The van der Waals surface area contributed by atoms with Crippen molar-refractivity contribution in [3.05, 3.63) is 72.4 Å². The van der Waals surface area contributed by atoms with E-state index >= 15 is 0 Å². The molecule has 0 aliphatic carbocycles. The number of hydrogen-bond acceptors (Lipinski definition) is 5. The van der Waals surface area contributed by atoms with E-state index in [0.717, 1.165) is 30.5 Å². The van der Waals surface area contributed by atoms with Gasteiger partial charge in [-0.25, -0.2) is 19.0 Å². The maximum Gasteiger partial charge on any atom is 0.240 e. The number of nitrogens with zero attached hydrogens (tertiary/aromatic N) is 5. The van der Waals surface area contributed by atoms with E-state index in [4.69, 9.17) is 0 Å². The Hall–Kier alpha value is -3.26. The molecule has 8 heteroatoms. The van der Waals surface area contributed by atoms with Crippen LogP contribution in [0.1, 0.15) is 18.9 Å². The molecule has 2 aromatic heterocycles. The number of aryl methyl sites for hydroxylation is 1. The van der Waals surface area contributed by atoms with Crippen LogP contribution in [0.2, 0.25) is 0 Å². The van der Waals surface area contributed by atoms with Gasteiger partial charge >= 0.3 is 0 Å². The average molecular weight is 434 g/mol. The Labute approximate surface area is 183 Å². The quantitative estimate of drug-likeness (QED) is 0.352. The first-order valence-electron chi connectivity index (χ1n) is 10.1. The highest BCUT2D eigenvalue weighted by atomic mass is 32.2. The van der Waals surface area contributed by atoms with Crippen LogP contribution < -0.4 is 4.90 Å². The van der Waals surface area contributed by atoms with Crippen molar-refractivity contribution in [2.45, 2.75) is 30.0 Å². The minimum Gasteiger partial charge on any atom is -0.311 e. The average Bonchev–Trinajstić information content (AvgIpc) is 3.24. The molecule has 0 spiro atoms. The first kappa shape index (κ1) is 19.7. The first-order valence-corrected chi connectivity index (χ1v) is 11.0. The molecule has 156 valence electrons. The number of benzene rings is 2. The van der Waals surface area contributed by atoms with Crippen molar-refractivity contribution in [2.24, 2.45) is 0 Å². The number of carbonyl (C=O) groups excluding carboxylic acids is 1. The molecule has 31 heavy (non-hydrogen) atoms. The second-order valence-corrected chi connectivity index (χ2v) is 8.76. The molecule has 1 aliphatic rings. The van der Waals surface area contributed by atoms with E-state index in [1.54, 1.807) is 23.0 Å². The maximum atomic E-state index is 13.3. The smallest absolute Gasteiger partial charge is 0.240 e. The minimum absolute atomic E-state index is 0.0647. The number of halogens is 1. The molecule has 0 unspecified atom stereocenters. The Morgan fingerprint density at radius 2 is 1.94 bits per heavy atom. The summed E-state index contributed by atoms with van der Waals surface area (Å²) < 4.78 is 14.9. The minimum atomic E-state index is -0.321. The standard InChI is InChI=1S/C23H20FN5OS/c1-15(23(30)28-12-4-6-16-5-2-3-7-20(16)28)31-22-19-13-27-29(21(19)25-14-26-22)18-10-8-17(24)9-11-18/h2-3,5,7-11,13-15H,4,6,12H2,1H3/t15-/m1/s1. The Kier molecular flexibility index (Phi) is 5.15. The summed E-state index contributed by atoms with van der Waals surface area (Å²) in [4.78, 5) is 23.9. The van der Waals surface area contributed by atoms with Crippen LogP contribution in [-0.2, 0) is 11.2 Å². The van der Waals surface area contributed by atoms with Crippen molar-refractivity contribution in [1.29, 1.82) is 0 Å². The zero-order valence-electron chi connectivity index (χ0n) is 16.9. The van der Waals surface area contributed by atoms with Crippen LogP contribution in [0.25, 0.3) is 16.7 Å². The zero-order valence-corrected chi connectivity index (χ0v) is 17.7. The number of rotatable bonds is 4. The number of amides is 1. The Balaban J connectivity index is 1.42. The third kappa shape index (κ3) is 3.67. The molecule has 5 rings (SSSR count). The van der Waals surface area contributed by atoms with Crippen molar-refractivity contribution in [3.63, 3.8) is 0 Å². The zero-order chi connectivity index (χ0) is 21.4. The van der Waals surface area contributed by atoms with E-state index in [0.29, 0.717) is 16.4 Å². The van der Waals surface area contributed by atoms with Crippen LogP contribution >= 0.6 is 11.8 Å². The first-order chi connectivity index (χ1) is 15.1. The van der Waals surface area contributed by atoms with Gasteiger partial charge in [-0.1, -0.05) is 30.0 Å². The molecule has 4 aromatic rings. The third-order valence-corrected chi connectivity index (χ3v) is 6.52. The summed E-state index contributed by atoms with van der Waals surface area (Å²) >= 11 is 1.40. The van der Waals surface area contributed by atoms with Gasteiger partial charge in [0.1, 0.15) is 17.2 Å². The predicted molar refractivity (Wildman–Crippen MR) is 119 cm³/mol. The van der Waals surface area contributed by atoms with E-state index in [-0.39, 0.29) is 17.0 Å². The highest BCUT2D eigenvalue weighted by molar-refractivity contribution is 8.00. The number of fused-ring (bicyclic) bond motifs is 2. The van der Waals surface area contributed by atoms with Gasteiger partial charge in [0.05, 0.1) is 22.5 Å². The van der Waals surface area contributed by atoms with E-state index in [2.05, 4.69) is 21.1 Å². The van der Waals surface area contributed by atoms with Crippen molar-refractivity contribution in [1.82, 2.24) is 19.7 Å². The summed E-state index contributed by atoms with van der Waals surface area (Å²) in [5.74, 6) is -0.243. The van der Waals surface area contributed by atoms with Crippen LogP contribution in [0.4, 0.5) is 10.1 Å². The lowest BCUT2D eigenvalue weighted by atomic mass is 10.0. The number of aromatic nitrogens is 4. The van der Waals surface area contributed by atoms with Gasteiger partial charge in [0.2, 0.25) is 5.91 Å². The van der Waals surface area contributed by atoms with Gasteiger partial charge in [-0.15, -0.1) is 0 Å². The van der Waals surface area contributed by atoms with Gasteiger partial charge in [0.15, 0.2) is 5.65 Å². The van der Waals surface area contributed by atoms with Gasteiger partial charge in [-0.3, -0.25) is 4.79 Å². The fraction of sp³-hybridized carbons (Fsp3) is 0.217. The van der Waals surface area contributed by atoms with Gasteiger partial charge in [0, 0.05) is 12.2 Å². The normalized spacial score (nSPS) is 14.5. The fourth-order valence-electron chi connectivity index (χ4n) is 3.89. The van der Waals surface area contributed by atoms with Crippen molar-refractivity contribution in [3.8, 4) is 5.69 Å². The summed E-state index contributed by atoms with van der Waals surface area (Å²) in [6.45, 7) is 2.63. The third-order valence-electron chi connectivity index (χ3n) is 5.41. The SMILES string of the molecule is C[C@@H](Sc1ncnc2c1cnn2-c1ccc(F)cc1)C(=O)N1CCCc2ccccc21. The number of para-hydroxylation sites is 1. The molecule has 1 aliphatic heterocycles. The van der Waals surface area contributed by atoms with Crippen LogP contribution in [-0.4, -0.2) is 37.5 Å². The van der Waals surface area contributed by atoms with Crippen LogP contribution in [0.3, 0.4) is 0 Å². The lowest BCUT2D eigenvalue weighted by molar-refractivity contribution is -0.117. The molecular formula is C23H20FN5OS. The Morgan fingerprint density at radius 3 is 2.77 bits per heavy atom. The summed E-state index contributed by atoms with van der Waals surface area (Å²) in [7, 11) is 0. The van der Waals surface area contributed by atoms with Crippen LogP contribution in [0.15, 0.2) is 66.1 Å². The summed E-state index contributed by atoms with van der Waals surface area (Å²) in [5.41, 5.74) is 3.54. The highest BCUT2D eigenvalue weighted by Gasteiger charge is 2.27. The maximum absolute atomic E-state index is 13.3. The molecule has 0 N–H and O–H groups in total. The van der Waals surface area contributed by atoms with Gasteiger partial charge < -0.3 is 4.90 Å². The van der Waals surface area contributed by atoms with Crippen molar-refractivity contribution < 1.29 is 9.18 Å². The van der Waals surface area contributed by atoms with E-state index < -0.39 is 0 Å². The molecule has 0 saturated heterocycles. The van der Waals surface area contributed by atoms with E-state index in [1.165, 1.54) is 35.8 Å². The molecular weight excluding hydrogens is 413 g/mol. The van der Waals surface area contributed by atoms with Crippen molar-refractivity contribution in [2.75, 3.05) is 11.4 Å². The molecule has 0 saturated carbocycles. The second-order valence-electron chi connectivity index (χ2n) is 7.43. The van der Waals surface area contributed by atoms with E-state index in [9.17, 15) is 9.18 Å². The molecule has 0 fully saturated rings. The van der Waals surface area contributed by atoms with Gasteiger partial charge in [-0.2, -0.15) is 5.10 Å². The number of hydrogen-bond donors (Lipinski definition) is 0. The van der Waals surface area contributed by atoms with Crippen molar-refractivity contribution >= 4 is 34.4 Å². The Bertz CT molecular complexity index is 1260. The lowest BCUT2D eigenvalue weighted by Gasteiger charge is -2.31. The molecule has 6 nitrogen and oxygen atoms in total. The van der Waals surface area contributed by atoms with Gasteiger partial charge in [0.25, 0.3) is 0 Å². The topological polar surface area (TPSA) is 63.9 Å².